The number of nitrogens with zero attached hydrogens (tertiary/aromatic N) is 4. The highest BCUT2D eigenvalue weighted by atomic mass is 16.7. The number of likely N-dealkylation sites (N-methyl/N-ethyl adjacent to an activating group) is 1. The largest absolute Gasteiger partial charge is 0.458 e. The Bertz CT molecular complexity index is 2400. The fraction of sp³-hybridized carbons (Fsp3) is 0.607. The average Bonchev–Trinajstić information content (AvgIpc) is 3.89. The lowest BCUT2D eigenvalue weighted by Crippen LogP contribution is -2.61. The number of hydrogen-bond donors (Lipinski definition) is 0. The number of likely N-dealkylation sites (tertiary alicyclic amines) is 1. The molecule has 1 amide bonds. The minimum Gasteiger partial charge on any atom is -0.458 e. The second kappa shape index (κ2) is 22.8. The summed E-state index contributed by atoms with van der Waals surface area (Å²) in [5, 5.41) is 0.976. The molecule has 4 saturated heterocycles. The van der Waals surface area contributed by atoms with Gasteiger partial charge in [-0.1, -0.05) is 76.2 Å². The van der Waals surface area contributed by atoms with Gasteiger partial charge in [0.05, 0.1) is 47.6 Å². The fourth-order valence-electron chi connectivity index (χ4n) is 11.8. The molecule has 3 aromatic rings. The van der Waals surface area contributed by atoms with E-state index in [9.17, 15) is 14.4 Å². The quantitative estimate of drug-likeness (QED) is 0.0916. The van der Waals surface area contributed by atoms with Crippen molar-refractivity contribution in [2.45, 2.75) is 154 Å². The smallest absolute Gasteiger partial charge is 0.410 e. The molecule has 0 radical (unpaired) electrons. The molecule has 386 valence electrons. The summed E-state index contributed by atoms with van der Waals surface area (Å²) in [5.74, 6) is -5.90. The molecule has 1 unspecified atom stereocenters. The lowest BCUT2D eigenvalue weighted by Gasteiger charge is -2.48. The summed E-state index contributed by atoms with van der Waals surface area (Å²) in [6, 6.07) is 17.6. The highest BCUT2D eigenvalue weighted by Gasteiger charge is 2.60. The van der Waals surface area contributed by atoms with Crippen molar-refractivity contribution in [2.75, 3.05) is 40.8 Å². The zero-order chi connectivity index (χ0) is 51.4. The highest BCUT2D eigenvalue weighted by Crippen LogP contribution is 2.44. The van der Waals surface area contributed by atoms with Crippen LogP contribution in [0.3, 0.4) is 0 Å². The molecule has 4 aliphatic heterocycles. The van der Waals surface area contributed by atoms with Crippen molar-refractivity contribution in [3.05, 3.63) is 84.1 Å². The maximum atomic E-state index is 15.3. The van der Waals surface area contributed by atoms with E-state index in [1.165, 1.54) is 6.92 Å². The number of para-hydroxylation sites is 1. The third-order valence-corrected chi connectivity index (χ3v) is 15.7. The Kier molecular flexibility index (Phi) is 17.2. The predicted molar refractivity (Wildman–Crippen MR) is 269 cm³/mol. The van der Waals surface area contributed by atoms with Crippen LogP contribution in [-0.4, -0.2) is 150 Å². The average molecular weight is 981 g/mol. The summed E-state index contributed by atoms with van der Waals surface area (Å²) in [7, 11) is 5.88. The van der Waals surface area contributed by atoms with Crippen molar-refractivity contribution in [3.63, 3.8) is 0 Å². The Morgan fingerprint density at radius 2 is 1.68 bits per heavy atom. The maximum Gasteiger partial charge on any atom is 0.410 e. The molecule has 7 rings (SSSR count). The zero-order valence-electron chi connectivity index (χ0n) is 43.6. The number of aromatic nitrogens is 1. The molecule has 14 atom stereocenters. The van der Waals surface area contributed by atoms with Crippen molar-refractivity contribution in [2.24, 2.45) is 23.7 Å². The van der Waals surface area contributed by atoms with Gasteiger partial charge in [0, 0.05) is 41.9 Å². The Labute approximate surface area is 419 Å². The van der Waals surface area contributed by atoms with Crippen LogP contribution in [0.15, 0.2) is 72.9 Å². The molecule has 2 aromatic carbocycles. The van der Waals surface area contributed by atoms with Crippen LogP contribution in [-0.2, 0) is 42.8 Å². The van der Waals surface area contributed by atoms with Gasteiger partial charge >= 0.3 is 18.0 Å². The number of benzene rings is 2. The Morgan fingerprint density at radius 3 is 2.37 bits per heavy atom. The lowest BCUT2D eigenvalue weighted by molar-refractivity contribution is -0.296. The van der Waals surface area contributed by atoms with Crippen molar-refractivity contribution in [1.29, 1.82) is 0 Å². The topological polar surface area (TPSA) is 163 Å². The van der Waals surface area contributed by atoms with Gasteiger partial charge in [-0.05, 0) is 124 Å². The number of amides is 1. The number of fused-ring (bicyclic) bond motifs is 2. The van der Waals surface area contributed by atoms with E-state index in [4.69, 9.17) is 28.4 Å². The Hall–Kier alpha value is -5.06. The molecule has 15 nitrogen and oxygen atoms in total. The lowest BCUT2D eigenvalue weighted by atomic mass is 9.73. The van der Waals surface area contributed by atoms with E-state index in [2.05, 4.69) is 16.9 Å². The molecule has 71 heavy (non-hydrogen) atoms. The Balaban J connectivity index is 1.30. The molecule has 0 N–H and O–H groups in total. The SMILES string of the molecule is CC[C@H]1OC(=O)[C@H](C)C(=O)[C@H](C)[C@@H](O[C@@H]2O[C@H](C)C[C@H](N(C)C)[C@H]2OC(=O)c2ccccc2)[C@](C)(OC/C=C/c2cnc3ccccc3c2)C[C@@H](C)C(=O)[C@H](C)[C@H]2N(CCC3CCCN3C)C(=O)O[C@]12C. The standard InChI is InChI=1S/C56H76N4O11/c1-12-45-56(8)49(60(54(65)71-56)28-26-42-24-18-27-59(42)11)36(4)46(61)34(2)32-55(7,66-29-19-20-39-31-41-23-16-17-25-43(41)57-33-39)50(37(5)47(62)38(6)51(63)68-45)70-53-48(44(58(9)10)30-35(3)67-53)69-52(64)40-21-14-13-15-22-40/h13-17,19-23,25,31,33-38,42,44-45,48-50,53H,12,18,24,26-30,32H2,1-11H3/b20-19+/t34-,35-,36+,37+,38-,42?,44+,45-,48-,49-,50-,53+,55-,56-/m1/s1. The van der Waals surface area contributed by atoms with Crippen molar-refractivity contribution in [3.8, 4) is 0 Å². The number of carbonyl (C=O) groups is 5. The third kappa shape index (κ3) is 11.8. The first-order chi connectivity index (χ1) is 33.8. The van der Waals surface area contributed by atoms with E-state index in [0.717, 1.165) is 35.9 Å². The van der Waals surface area contributed by atoms with Crippen LogP contribution in [0.25, 0.3) is 17.0 Å². The number of hydrogen-bond acceptors (Lipinski definition) is 14. The van der Waals surface area contributed by atoms with Gasteiger partial charge in [0.1, 0.15) is 17.8 Å². The van der Waals surface area contributed by atoms with Crippen molar-refractivity contribution in [1.82, 2.24) is 19.7 Å². The first-order valence-corrected chi connectivity index (χ1v) is 25.6. The first-order valence-electron chi connectivity index (χ1n) is 25.6. The fourth-order valence-corrected chi connectivity index (χ4v) is 11.8. The van der Waals surface area contributed by atoms with E-state index in [0.29, 0.717) is 24.9 Å². The maximum absolute atomic E-state index is 15.3. The predicted octanol–water partition coefficient (Wildman–Crippen LogP) is 8.17. The number of Topliss-reactive ketones (excluding diaryl/α,β-unsaturated/α-hetero) is 2. The van der Waals surface area contributed by atoms with Crippen molar-refractivity contribution < 1.29 is 52.4 Å². The summed E-state index contributed by atoms with van der Waals surface area (Å²) in [6.07, 6.45) is 3.79. The van der Waals surface area contributed by atoms with E-state index in [1.54, 1.807) is 49.2 Å². The van der Waals surface area contributed by atoms with Crippen LogP contribution in [0.4, 0.5) is 4.79 Å². The van der Waals surface area contributed by atoms with Crippen LogP contribution in [0, 0.1) is 23.7 Å². The van der Waals surface area contributed by atoms with Crippen molar-refractivity contribution >= 4 is 46.6 Å². The number of cyclic esters (lactones) is 1. The summed E-state index contributed by atoms with van der Waals surface area (Å²) < 4.78 is 39.6. The number of carbonyl (C=O) groups excluding carboxylic acids is 5. The Morgan fingerprint density at radius 1 is 0.958 bits per heavy atom. The normalized spacial score (nSPS) is 34.6. The first kappa shape index (κ1) is 53.7. The molecule has 4 fully saturated rings. The number of rotatable bonds is 13. The molecule has 0 aliphatic carbocycles. The summed E-state index contributed by atoms with van der Waals surface area (Å²) in [6.45, 7) is 15.5. The molecular formula is C56H76N4O11. The van der Waals surface area contributed by atoms with Crippen LogP contribution in [0.5, 0.6) is 0 Å². The van der Waals surface area contributed by atoms with Gasteiger partial charge in [-0.3, -0.25) is 19.4 Å². The van der Waals surface area contributed by atoms with Gasteiger partial charge < -0.3 is 43.1 Å². The summed E-state index contributed by atoms with van der Waals surface area (Å²) in [5.41, 5.74) is -0.810. The monoisotopic (exact) mass is 981 g/mol. The summed E-state index contributed by atoms with van der Waals surface area (Å²) in [4.78, 5) is 83.3. The molecule has 0 bridgehead atoms. The number of ether oxygens (including phenoxy) is 6. The van der Waals surface area contributed by atoms with Crippen LogP contribution < -0.4 is 0 Å². The van der Waals surface area contributed by atoms with Gasteiger partial charge in [-0.2, -0.15) is 0 Å². The van der Waals surface area contributed by atoms with E-state index in [1.807, 2.05) is 102 Å². The molecule has 4 aliphatic rings. The number of esters is 2. The third-order valence-electron chi connectivity index (χ3n) is 15.7. The van der Waals surface area contributed by atoms with Crippen LogP contribution >= 0.6 is 0 Å². The minimum absolute atomic E-state index is 0.0252. The van der Waals surface area contributed by atoms with Gasteiger partial charge in [-0.25, -0.2) is 9.59 Å². The molecule has 5 heterocycles. The zero-order valence-corrected chi connectivity index (χ0v) is 43.6. The van der Waals surface area contributed by atoms with Gasteiger partial charge in [0.25, 0.3) is 0 Å². The van der Waals surface area contributed by atoms with E-state index < -0.39 is 89.3 Å². The molecule has 0 spiro atoms. The molecule has 1 aromatic heterocycles. The van der Waals surface area contributed by atoms with E-state index in [-0.39, 0.29) is 43.4 Å². The second-order valence-electron chi connectivity index (χ2n) is 21.2. The molecule has 0 saturated carbocycles. The second-order valence-corrected chi connectivity index (χ2v) is 21.2. The molecular weight excluding hydrogens is 905 g/mol. The van der Waals surface area contributed by atoms with E-state index >= 15 is 9.59 Å². The van der Waals surface area contributed by atoms with Gasteiger partial charge in [0.15, 0.2) is 23.8 Å². The van der Waals surface area contributed by atoms with Gasteiger partial charge in [0.2, 0.25) is 0 Å². The minimum atomic E-state index is -1.45. The van der Waals surface area contributed by atoms with Crippen LogP contribution in [0.2, 0.25) is 0 Å². The summed E-state index contributed by atoms with van der Waals surface area (Å²) >= 11 is 0. The number of pyridine rings is 1. The highest BCUT2D eigenvalue weighted by molar-refractivity contribution is 6.00. The van der Waals surface area contributed by atoms with Gasteiger partial charge in [-0.15, -0.1) is 0 Å². The van der Waals surface area contributed by atoms with Crippen LogP contribution in [0.1, 0.15) is 110 Å². The number of ketones is 2. The molecule has 15 heteroatoms.